The molecule has 1 aromatic carbocycles. The van der Waals surface area contributed by atoms with E-state index >= 15 is 0 Å². The molecule has 1 aliphatic carbocycles. The molecule has 6 nitrogen and oxygen atoms in total. The molecular weight excluding hydrogens is 326 g/mol. The average Bonchev–Trinajstić information content (AvgIpc) is 2.98. The molecule has 1 amide bonds. The summed E-state index contributed by atoms with van der Waals surface area (Å²) in [5.74, 6) is 0.0742. The third kappa shape index (κ3) is 3.63. The number of sulfonamides is 1. The van der Waals surface area contributed by atoms with E-state index in [0.717, 1.165) is 24.1 Å². The van der Waals surface area contributed by atoms with Gasteiger partial charge < -0.3 is 4.90 Å². The molecule has 0 saturated heterocycles. The van der Waals surface area contributed by atoms with Crippen LogP contribution in [0.4, 0.5) is 5.69 Å². The molecule has 1 aliphatic heterocycles. The van der Waals surface area contributed by atoms with E-state index in [1.54, 1.807) is 17.0 Å². The molecule has 2 aliphatic rings. The van der Waals surface area contributed by atoms with Gasteiger partial charge in [0.2, 0.25) is 15.9 Å². The molecular formula is C17H25N3O3S. The van der Waals surface area contributed by atoms with Crippen molar-refractivity contribution < 1.29 is 13.2 Å². The van der Waals surface area contributed by atoms with Crippen LogP contribution in [0.5, 0.6) is 0 Å². The van der Waals surface area contributed by atoms with Gasteiger partial charge in [-0.05, 0) is 50.1 Å². The highest BCUT2D eigenvalue weighted by Gasteiger charge is 2.28. The minimum absolute atomic E-state index is 0.0742. The zero-order chi connectivity index (χ0) is 17.3. The number of fused-ring (bicyclic) bond motifs is 1. The van der Waals surface area contributed by atoms with Crippen LogP contribution < -0.4 is 10.0 Å². The highest BCUT2D eigenvalue weighted by Crippen LogP contribution is 2.30. The molecule has 0 atom stereocenters. The van der Waals surface area contributed by atoms with Crippen molar-refractivity contribution in [2.45, 2.75) is 49.5 Å². The number of nitrogens with zero attached hydrogens (tertiary/aromatic N) is 2. The van der Waals surface area contributed by atoms with Gasteiger partial charge in [-0.2, -0.15) is 0 Å². The Kier molecular flexibility index (Phi) is 4.94. The van der Waals surface area contributed by atoms with Crippen LogP contribution in [0, 0.1) is 0 Å². The fourth-order valence-corrected chi connectivity index (χ4v) is 4.33. The van der Waals surface area contributed by atoms with E-state index in [-0.39, 0.29) is 10.8 Å². The van der Waals surface area contributed by atoms with Gasteiger partial charge in [-0.1, -0.05) is 19.3 Å². The summed E-state index contributed by atoms with van der Waals surface area (Å²) >= 11 is 0. The quantitative estimate of drug-likeness (QED) is 0.891. The normalized spacial score (nSPS) is 18.9. The summed E-state index contributed by atoms with van der Waals surface area (Å²) in [6, 6.07) is 5.25. The van der Waals surface area contributed by atoms with Crippen molar-refractivity contribution in [3.8, 4) is 0 Å². The van der Waals surface area contributed by atoms with Crippen molar-refractivity contribution in [3.05, 3.63) is 23.8 Å². The fraction of sp³-hybridized carbons (Fsp3) is 0.588. The lowest BCUT2D eigenvalue weighted by atomic mass is 9.94. The van der Waals surface area contributed by atoms with Crippen LogP contribution in [0.15, 0.2) is 23.1 Å². The molecule has 0 unspecified atom stereocenters. The number of carbonyl (C=O) groups is 1. The van der Waals surface area contributed by atoms with E-state index in [1.165, 1.54) is 25.3 Å². The first-order valence-corrected chi connectivity index (χ1v) is 10.1. The highest BCUT2D eigenvalue weighted by molar-refractivity contribution is 7.89. The monoisotopic (exact) mass is 351 g/mol. The minimum Gasteiger partial charge on any atom is -0.311 e. The third-order valence-corrected chi connectivity index (χ3v) is 6.07. The number of hydrogen-bond acceptors (Lipinski definition) is 4. The predicted molar refractivity (Wildman–Crippen MR) is 93.4 cm³/mol. The van der Waals surface area contributed by atoms with Crippen LogP contribution in [0.25, 0.3) is 0 Å². The summed E-state index contributed by atoms with van der Waals surface area (Å²) in [6.45, 7) is 1.00. The zero-order valence-corrected chi connectivity index (χ0v) is 14.9. The summed E-state index contributed by atoms with van der Waals surface area (Å²) in [4.78, 5) is 16.7. The van der Waals surface area contributed by atoms with Crippen LogP contribution in [-0.4, -0.2) is 45.4 Å². The maximum Gasteiger partial charge on any atom is 0.241 e. The fourth-order valence-electron chi connectivity index (χ4n) is 3.76. The highest BCUT2D eigenvalue weighted by atomic mass is 32.2. The van der Waals surface area contributed by atoms with Crippen molar-refractivity contribution in [3.63, 3.8) is 0 Å². The Balaban J connectivity index is 1.70. The summed E-state index contributed by atoms with van der Waals surface area (Å²) in [5.41, 5.74) is 1.68. The Bertz CT molecular complexity index is 727. The first-order chi connectivity index (χ1) is 11.4. The van der Waals surface area contributed by atoms with Gasteiger partial charge in [0.15, 0.2) is 0 Å². The van der Waals surface area contributed by atoms with E-state index < -0.39 is 10.0 Å². The molecule has 0 aromatic heterocycles. The molecule has 0 bridgehead atoms. The van der Waals surface area contributed by atoms with Gasteiger partial charge in [0.1, 0.15) is 0 Å². The number of carbonyl (C=O) groups excluding carboxylic acids is 1. The smallest absolute Gasteiger partial charge is 0.241 e. The number of likely N-dealkylation sites (N-methyl/N-ethyl adjacent to an activating group) is 1. The van der Waals surface area contributed by atoms with Crippen molar-refractivity contribution in [2.75, 3.05) is 25.0 Å². The van der Waals surface area contributed by atoms with E-state index in [0.29, 0.717) is 25.6 Å². The lowest BCUT2D eigenvalue weighted by Gasteiger charge is -2.31. The second-order valence-corrected chi connectivity index (χ2v) is 8.40. The Morgan fingerprint density at radius 1 is 1.29 bits per heavy atom. The van der Waals surface area contributed by atoms with Gasteiger partial charge in [-0.25, -0.2) is 13.6 Å². The minimum atomic E-state index is -3.71. The number of anilines is 1. The van der Waals surface area contributed by atoms with Crippen LogP contribution >= 0.6 is 0 Å². The molecule has 24 heavy (non-hydrogen) atoms. The molecule has 0 spiro atoms. The van der Waals surface area contributed by atoms with Crippen molar-refractivity contribution in [1.82, 2.24) is 4.90 Å². The number of hydrogen-bond donors (Lipinski definition) is 1. The third-order valence-electron chi connectivity index (χ3n) is 5.16. The second-order valence-electron chi connectivity index (χ2n) is 6.84. The Labute approximate surface area is 143 Å². The number of amides is 1. The van der Waals surface area contributed by atoms with Crippen LogP contribution in [0.2, 0.25) is 0 Å². The molecule has 0 radical (unpaired) electrons. The lowest BCUT2D eigenvalue weighted by Crippen LogP contribution is -2.43. The maximum absolute atomic E-state index is 12.7. The van der Waals surface area contributed by atoms with E-state index in [1.807, 2.05) is 7.05 Å². The van der Waals surface area contributed by atoms with E-state index in [2.05, 4.69) is 4.90 Å². The van der Waals surface area contributed by atoms with Crippen molar-refractivity contribution >= 4 is 21.6 Å². The van der Waals surface area contributed by atoms with Crippen LogP contribution in [0.3, 0.4) is 0 Å². The molecule has 7 heteroatoms. The molecule has 1 heterocycles. The molecule has 1 saturated carbocycles. The summed E-state index contributed by atoms with van der Waals surface area (Å²) in [7, 11) is -1.68. The van der Waals surface area contributed by atoms with Gasteiger partial charge >= 0.3 is 0 Å². The Hall–Kier alpha value is -1.44. The zero-order valence-electron chi connectivity index (χ0n) is 14.1. The molecule has 1 fully saturated rings. The standard InChI is InChI=1S/C17H25N3O3S/c1-19(14-5-3-2-4-6-14)12-17(21)20-10-9-13-11-15(24(18,22)23)7-8-16(13)20/h7-8,11,14H,2-6,9-10,12H2,1H3,(H2,18,22,23). The number of nitrogens with two attached hydrogens (primary N) is 1. The van der Waals surface area contributed by atoms with Crippen LogP contribution in [0.1, 0.15) is 37.7 Å². The number of benzene rings is 1. The van der Waals surface area contributed by atoms with E-state index in [4.69, 9.17) is 5.14 Å². The van der Waals surface area contributed by atoms with Gasteiger partial charge in [-0.15, -0.1) is 0 Å². The van der Waals surface area contributed by atoms with Crippen molar-refractivity contribution in [1.29, 1.82) is 0 Å². The average molecular weight is 351 g/mol. The van der Waals surface area contributed by atoms with Gasteiger partial charge in [0, 0.05) is 18.3 Å². The molecule has 2 N–H and O–H groups in total. The Morgan fingerprint density at radius 2 is 2.00 bits per heavy atom. The first kappa shape index (κ1) is 17.4. The summed E-state index contributed by atoms with van der Waals surface area (Å²) < 4.78 is 22.9. The molecule has 132 valence electrons. The molecule has 3 rings (SSSR count). The van der Waals surface area contributed by atoms with Crippen LogP contribution in [-0.2, 0) is 21.2 Å². The second kappa shape index (κ2) is 6.82. The molecule has 1 aromatic rings. The van der Waals surface area contributed by atoms with Crippen molar-refractivity contribution in [2.24, 2.45) is 5.14 Å². The topological polar surface area (TPSA) is 83.7 Å². The number of primary sulfonamides is 1. The van der Waals surface area contributed by atoms with Gasteiger partial charge in [0.05, 0.1) is 11.4 Å². The Morgan fingerprint density at radius 3 is 2.67 bits per heavy atom. The number of rotatable bonds is 4. The SMILES string of the molecule is CN(CC(=O)N1CCc2cc(S(N)(=O)=O)ccc21)C1CCCCC1. The summed E-state index contributed by atoms with van der Waals surface area (Å²) in [5, 5.41) is 5.18. The largest absolute Gasteiger partial charge is 0.311 e. The van der Waals surface area contributed by atoms with Gasteiger partial charge in [-0.3, -0.25) is 9.69 Å². The summed E-state index contributed by atoms with van der Waals surface area (Å²) in [6.07, 6.45) is 6.77. The van der Waals surface area contributed by atoms with Gasteiger partial charge in [0.25, 0.3) is 0 Å². The maximum atomic E-state index is 12.7. The predicted octanol–water partition coefficient (Wildman–Crippen LogP) is 1.49. The van der Waals surface area contributed by atoms with E-state index in [9.17, 15) is 13.2 Å². The first-order valence-electron chi connectivity index (χ1n) is 8.52. The lowest BCUT2D eigenvalue weighted by molar-refractivity contribution is -0.120.